The number of non-ortho nitro benzene ring substituents is 1. The van der Waals surface area contributed by atoms with E-state index in [2.05, 4.69) is 9.72 Å². The van der Waals surface area contributed by atoms with Crippen molar-refractivity contribution in [1.82, 2.24) is 4.98 Å². The van der Waals surface area contributed by atoms with E-state index in [1.807, 2.05) is 0 Å². The first-order chi connectivity index (χ1) is 10.6. The molecule has 0 bridgehead atoms. The second-order valence-electron chi connectivity index (χ2n) is 4.50. The number of oxazole rings is 1. The Morgan fingerprint density at radius 1 is 1.27 bits per heavy atom. The highest BCUT2D eigenvalue weighted by atomic mass is 16.6. The third-order valence-corrected chi connectivity index (χ3v) is 3.11. The van der Waals surface area contributed by atoms with Crippen LogP contribution in [0.1, 0.15) is 10.4 Å². The molecule has 0 saturated carbocycles. The number of esters is 1. The minimum absolute atomic E-state index is 0.0708. The molecule has 110 valence electrons. The number of methoxy groups -OCH3 is 1. The van der Waals surface area contributed by atoms with Crippen molar-refractivity contribution in [3.63, 3.8) is 0 Å². The van der Waals surface area contributed by atoms with E-state index < -0.39 is 10.9 Å². The zero-order valence-corrected chi connectivity index (χ0v) is 11.5. The topological polar surface area (TPSA) is 95.5 Å². The van der Waals surface area contributed by atoms with Crippen LogP contribution in [-0.4, -0.2) is 23.0 Å². The van der Waals surface area contributed by atoms with E-state index in [1.165, 1.54) is 25.3 Å². The summed E-state index contributed by atoms with van der Waals surface area (Å²) >= 11 is 0. The average molecular weight is 298 g/mol. The number of hydrogen-bond donors (Lipinski definition) is 0. The van der Waals surface area contributed by atoms with Crippen molar-refractivity contribution in [2.75, 3.05) is 7.11 Å². The molecule has 0 aliphatic carbocycles. The Labute approximate surface area is 124 Å². The Hall–Kier alpha value is -3.22. The molecule has 7 heteroatoms. The minimum Gasteiger partial charge on any atom is -0.465 e. The minimum atomic E-state index is -0.500. The van der Waals surface area contributed by atoms with Crippen molar-refractivity contribution in [3.05, 3.63) is 58.1 Å². The maximum atomic E-state index is 11.5. The van der Waals surface area contributed by atoms with Crippen LogP contribution in [-0.2, 0) is 4.74 Å². The molecule has 0 fully saturated rings. The number of hydrogen-bond acceptors (Lipinski definition) is 6. The number of carbonyl (C=O) groups is 1. The van der Waals surface area contributed by atoms with Gasteiger partial charge in [-0.1, -0.05) is 6.07 Å². The van der Waals surface area contributed by atoms with E-state index in [4.69, 9.17) is 4.42 Å². The molecular formula is C15H10N2O5. The quantitative estimate of drug-likeness (QED) is 0.418. The number of carbonyl (C=O) groups excluding carboxylic acids is 1. The van der Waals surface area contributed by atoms with Crippen LogP contribution in [0.5, 0.6) is 0 Å². The van der Waals surface area contributed by atoms with Crippen LogP contribution in [0.15, 0.2) is 46.9 Å². The average Bonchev–Trinajstić information content (AvgIpc) is 2.97. The summed E-state index contributed by atoms with van der Waals surface area (Å²) in [5, 5.41) is 10.8. The lowest BCUT2D eigenvalue weighted by Gasteiger charge is -2.00. The molecule has 0 spiro atoms. The van der Waals surface area contributed by atoms with Crippen LogP contribution in [0.4, 0.5) is 5.69 Å². The summed E-state index contributed by atoms with van der Waals surface area (Å²) < 4.78 is 10.2. The molecule has 1 heterocycles. The standard InChI is InChI=1S/C15H10N2O5/c1-21-15(18)10-4-2-3-9(7-10)14-16-12-6-5-11(17(19)20)8-13(12)22-14/h2-8H,1H3. The number of ether oxygens (including phenoxy) is 1. The lowest BCUT2D eigenvalue weighted by atomic mass is 10.1. The fourth-order valence-corrected chi connectivity index (χ4v) is 2.05. The summed E-state index contributed by atoms with van der Waals surface area (Å²) in [6, 6.07) is 10.8. The number of nitrogens with zero attached hydrogens (tertiary/aromatic N) is 2. The van der Waals surface area contributed by atoms with Crippen LogP contribution >= 0.6 is 0 Å². The van der Waals surface area contributed by atoms with Crippen molar-refractivity contribution in [1.29, 1.82) is 0 Å². The summed E-state index contributed by atoms with van der Waals surface area (Å²) in [4.78, 5) is 26.1. The van der Waals surface area contributed by atoms with Gasteiger partial charge in [-0.3, -0.25) is 10.1 Å². The van der Waals surface area contributed by atoms with Gasteiger partial charge in [-0.2, -0.15) is 0 Å². The first-order valence-electron chi connectivity index (χ1n) is 6.32. The first-order valence-corrected chi connectivity index (χ1v) is 6.32. The molecule has 2 aromatic carbocycles. The number of rotatable bonds is 3. The number of fused-ring (bicyclic) bond motifs is 1. The number of aromatic nitrogens is 1. The van der Waals surface area contributed by atoms with Gasteiger partial charge in [-0.15, -0.1) is 0 Å². The zero-order chi connectivity index (χ0) is 15.7. The van der Waals surface area contributed by atoms with E-state index in [1.54, 1.807) is 24.3 Å². The first kappa shape index (κ1) is 13.7. The predicted octanol–water partition coefficient (Wildman–Crippen LogP) is 3.19. The van der Waals surface area contributed by atoms with Gasteiger partial charge < -0.3 is 9.15 Å². The molecule has 22 heavy (non-hydrogen) atoms. The van der Waals surface area contributed by atoms with Crippen LogP contribution < -0.4 is 0 Å². The summed E-state index contributed by atoms with van der Waals surface area (Å²) in [7, 11) is 1.30. The van der Waals surface area contributed by atoms with E-state index in [9.17, 15) is 14.9 Å². The maximum Gasteiger partial charge on any atom is 0.337 e. The fourth-order valence-electron chi connectivity index (χ4n) is 2.05. The lowest BCUT2D eigenvalue weighted by molar-refractivity contribution is -0.384. The molecule has 0 saturated heterocycles. The van der Waals surface area contributed by atoms with E-state index in [0.29, 0.717) is 22.2 Å². The van der Waals surface area contributed by atoms with Crippen molar-refractivity contribution in [2.24, 2.45) is 0 Å². The second-order valence-corrected chi connectivity index (χ2v) is 4.50. The Balaban J connectivity index is 2.06. The smallest absolute Gasteiger partial charge is 0.337 e. The third kappa shape index (κ3) is 2.39. The SMILES string of the molecule is COC(=O)c1cccc(-c2nc3ccc([N+](=O)[O-])cc3o2)c1. The zero-order valence-electron chi connectivity index (χ0n) is 11.5. The Kier molecular flexibility index (Phi) is 3.30. The summed E-state index contributed by atoms with van der Waals surface area (Å²) in [6.07, 6.45) is 0. The Morgan fingerprint density at radius 2 is 2.09 bits per heavy atom. The summed E-state index contributed by atoms with van der Waals surface area (Å²) in [5.74, 6) is -0.185. The highest BCUT2D eigenvalue weighted by Crippen LogP contribution is 2.27. The molecule has 3 rings (SSSR count). The number of benzene rings is 2. The fraction of sp³-hybridized carbons (Fsp3) is 0.0667. The highest BCUT2D eigenvalue weighted by molar-refractivity contribution is 5.90. The molecule has 3 aromatic rings. The molecule has 0 atom stereocenters. The lowest BCUT2D eigenvalue weighted by Crippen LogP contribution is -2.00. The normalized spacial score (nSPS) is 10.6. The van der Waals surface area contributed by atoms with Gasteiger partial charge in [0.2, 0.25) is 5.89 Å². The molecule has 0 aliphatic rings. The highest BCUT2D eigenvalue weighted by Gasteiger charge is 2.14. The van der Waals surface area contributed by atoms with Gasteiger partial charge in [-0.05, 0) is 24.3 Å². The number of nitro groups is 1. The Bertz CT molecular complexity index is 885. The van der Waals surface area contributed by atoms with Gasteiger partial charge in [0.05, 0.1) is 23.7 Å². The van der Waals surface area contributed by atoms with Crippen LogP contribution in [0.25, 0.3) is 22.6 Å². The Morgan fingerprint density at radius 3 is 2.82 bits per heavy atom. The van der Waals surface area contributed by atoms with Crippen LogP contribution in [0.3, 0.4) is 0 Å². The van der Waals surface area contributed by atoms with Gasteiger partial charge in [0.1, 0.15) is 5.52 Å². The van der Waals surface area contributed by atoms with E-state index in [-0.39, 0.29) is 11.6 Å². The molecule has 7 nitrogen and oxygen atoms in total. The third-order valence-electron chi connectivity index (χ3n) is 3.11. The summed E-state index contributed by atoms with van der Waals surface area (Å²) in [6.45, 7) is 0. The second kappa shape index (κ2) is 5.28. The molecule has 0 unspecified atom stereocenters. The molecular weight excluding hydrogens is 288 g/mol. The van der Waals surface area contributed by atoms with Gasteiger partial charge in [-0.25, -0.2) is 9.78 Å². The van der Waals surface area contributed by atoms with Crippen molar-refractivity contribution < 1.29 is 18.9 Å². The van der Waals surface area contributed by atoms with E-state index in [0.717, 1.165) is 0 Å². The molecule has 0 aliphatic heterocycles. The van der Waals surface area contributed by atoms with Crippen molar-refractivity contribution in [3.8, 4) is 11.5 Å². The van der Waals surface area contributed by atoms with Crippen LogP contribution in [0.2, 0.25) is 0 Å². The van der Waals surface area contributed by atoms with Crippen molar-refractivity contribution in [2.45, 2.75) is 0 Å². The van der Waals surface area contributed by atoms with E-state index >= 15 is 0 Å². The van der Waals surface area contributed by atoms with Crippen molar-refractivity contribution >= 4 is 22.8 Å². The van der Waals surface area contributed by atoms with Gasteiger partial charge >= 0.3 is 5.97 Å². The van der Waals surface area contributed by atoms with Gasteiger partial charge in [0.25, 0.3) is 5.69 Å². The molecule has 0 radical (unpaired) electrons. The monoisotopic (exact) mass is 298 g/mol. The van der Waals surface area contributed by atoms with Gasteiger partial charge in [0.15, 0.2) is 5.58 Å². The maximum absolute atomic E-state index is 11.5. The van der Waals surface area contributed by atoms with Gasteiger partial charge in [0, 0.05) is 11.6 Å². The predicted molar refractivity (Wildman–Crippen MR) is 77.4 cm³/mol. The molecule has 1 aromatic heterocycles. The largest absolute Gasteiger partial charge is 0.465 e. The van der Waals surface area contributed by atoms with Crippen LogP contribution in [0, 0.1) is 10.1 Å². The molecule has 0 N–H and O–H groups in total. The molecule has 0 amide bonds. The summed E-state index contributed by atoms with van der Waals surface area (Å²) in [5.41, 5.74) is 1.70. The number of nitro benzene ring substituents is 1.